The summed E-state index contributed by atoms with van der Waals surface area (Å²) in [5, 5.41) is 12.2. The highest BCUT2D eigenvalue weighted by atomic mass is 16.4. The predicted octanol–water partition coefficient (Wildman–Crippen LogP) is 2.93. The van der Waals surface area contributed by atoms with Crippen molar-refractivity contribution in [2.24, 2.45) is 5.92 Å². The molecule has 0 bridgehead atoms. The molecule has 1 aromatic carbocycles. The van der Waals surface area contributed by atoms with Crippen LogP contribution in [0.4, 0.5) is 0 Å². The number of aryl methyl sites for hydroxylation is 1. The molecule has 2 N–H and O–H groups in total. The van der Waals surface area contributed by atoms with Crippen LogP contribution >= 0.6 is 0 Å². The van der Waals surface area contributed by atoms with Crippen molar-refractivity contribution < 1.29 is 14.7 Å². The summed E-state index contributed by atoms with van der Waals surface area (Å²) >= 11 is 0. The number of hydrogen-bond acceptors (Lipinski definition) is 3. The second-order valence-electron chi connectivity index (χ2n) is 8.12. The smallest absolute Gasteiger partial charge is 0.317 e. The molecule has 1 atom stereocenters. The number of carbonyl (C=O) groups excluding carboxylic acids is 1. The molecule has 5 heteroatoms. The Kier molecular flexibility index (Phi) is 5.97. The molecular weight excluding hydrogens is 328 g/mol. The SMILES string of the molecule is Cc1ccccc1C(C)CC(=O)NC1CC(N(CC(=O)O)CC2CC2)C1. The Hall–Kier alpha value is -1.88. The number of hydrogen-bond donors (Lipinski definition) is 2. The van der Waals surface area contributed by atoms with E-state index in [1.54, 1.807) is 0 Å². The number of amides is 1. The van der Waals surface area contributed by atoms with Gasteiger partial charge in [-0.3, -0.25) is 14.5 Å². The third-order valence-corrected chi connectivity index (χ3v) is 5.73. The highest BCUT2D eigenvalue weighted by molar-refractivity contribution is 5.77. The average molecular weight is 358 g/mol. The fraction of sp³-hybridized carbons (Fsp3) is 0.619. The molecule has 2 fully saturated rings. The molecule has 3 rings (SSSR count). The first-order chi connectivity index (χ1) is 12.4. The van der Waals surface area contributed by atoms with E-state index in [0.717, 1.165) is 19.4 Å². The highest BCUT2D eigenvalue weighted by Gasteiger charge is 2.37. The molecule has 1 aromatic rings. The maximum Gasteiger partial charge on any atom is 0.317 e. The Morgan fingerprint density at radius 3 is 2.58 bits per heavy atom. The van der Waals surface area contributed by atoms with Gasteiger partial charge < -0.3 is 10.4 Å². The van der Waals surface area contributed by atoms with Crippen molar-refractivity contribution in [3.05, 3.63) is 35.4 Å². The van der Waals surface area contributed by atoms with E-state index < -0.39 is 5.97 Å². The van der Waals surface area contributed by atoms with Gasteiger partial charge >= 0.3 is 5.97 Å². The first-order valence-corrected chi connectivity index (χ1v) is 9.73. The number of nitrogens with zero attached hydrogens (tertiary/aromatic N) is 1. The van der Waals surface area contributed by atoms with Crippen LogP contribution in [0.3, 0.4) is 0 Å². The lowest BCUT2D eigenvalue weighted by Gasteiger charge is -2.42. The third-order valence-electron chi connectivity index (χ3n) is 5.73. The zero-order valence-electron chi connectivity index (χ0n) is 15.8. The average Bonchev–Trinajstić information content (AvgIpc) is 3.33. The highest BCUT2D eigenvalue weighted by Crippen LogP contribution is 2.34. The van der Waals surface area contributed by atoms with Gasteiger partial charge in [0.25, 0.3) is 0 Å². The number of carboxylic acid groups (broad SMARTS) is 1. The maximum atomic E-state index is 12.4. The van der Waals surface area contributed by atoms with Gasteiger partial charge in [0.1, 0.15) is 0 Å². The molecule has 26 heavy (non-hydrogen) atoms. The Labute approximate surface area is 155 Å². The van der Waals surface area contributed by atoms with E-state index in [0.29, 0.717) is 18.4 Å². The van der Waals surface area contributed by atoms with Gasteiger partial charge in [0.2, 0.25) is 5.91 Å². The lowest BCUT2D eigenvalue weighted by molar-refractivity contribution is -0.140. The monoisotopic (exact) mass is 358 g/mol. The van der Waals surface area contributed by atoms with E-state index in [1.165, 1.54) is 24.0 Å². The summed E-state index contributed by atoms with van der Waals surface area (Å²) in [6.45, 7) is 5.18. The van der Waals surface area contributed by atoms with Gasteiger partial charge in [0, 0.05) is 25.0 Å². The van der Waals surface area contributed by atoms with Gasteiger partial charge in [-0.2, -0.15) is 0 Å². The van der Waals surface area contributed by atoms with Gasteiger partial charge in [0.15, 0.2) is 0 Å². The van der Waals surface area contributed by atoms with E-state index in [9.17, 15) is 9.59 Å². The molecular formula is C21H30N2O3. The number of aliphatic carboxylic acids is 1. The largest absolute Gasteiger partial charge is 0.480 e. The van der Waals surface area contributed by atoms with Crippen molar-refractivity contribution in [3.63, 3.8) is 0 Å². The van der Waals surface area contributed by atoms with Crippen LogP contribution < -0.4 is 5.32 Å². The molecule has 1 unspecified atom stereocenters. The minimum atomic E-state index is -0.759. The number of rotatable bonds is 9. The van der Waals surface area contributed by atoms with Gasteiger partial charge in [-0.1, -0.05) is 31.2 Å². The molecule has 5 nitrogen and oxygen atoms in total. The summed E-state index contributed by atoms with van der Waals surface area (Å²) in [6, 6.07) is 8.69. The van der Waals surface area contributed by atoms with Crippen LogP contribution in [0, 0.1) is 12.8 Å². The Morgan fingerprint density at radius 1 is 1.27 bits per heavy atom. The third kappa shape index (κ3) is 5.07. The topological polar surface area (TPSA) is 69.6 Å². The van der Waals surface area contributed by atoms with E-state index in [1.807, 2.05) is 12.1 Å². The molecule has 2 saturated carbocycles. The number of benzene rings is 1. The quantitative estimate of drug-likeness (QED) is 0.712. The van der Waals surface area contributed by atoms with Crippen molar-refractivity contribution in [1.82, 2.24) is 10.2 Å². The molecule has 2 aliphatic rings. The summed E-state index contributed by atoms with van der Waals surface area (Å²) in [6.07, 6.45) is 4.67. The summed E-state index contributed by atoms with van der Waals surface area (Å²) in [4.78, 5) is 25.5. The first kappa shape index (κ1) is 18.9. The summed E-state index contributed by atoms with van der Waals surface area (Å²) in [5.74, 6) is 0.213. The minimum absolute atomic E-state index is 0.0937. The molecule has 0 radical (unpaired) electrons. The molecule has 0 saturated heterocycles. The fourth-order valence-electron chi connectivity index (χ4n) is 3.97. The van der Waals surface area contributed by atoms with Crippen LogP contribution in [0.15, 0.2) is 24.3 Å². The van der Waals surface area contributed by atoms with Gasteiger partial charge in [-0.15, -0.1) is 0 Å². The van der Waals surface area contributed by atoms with E-state index in [2.05, 4.69) is 36.2 Å². The van der Waals surface area contributed by atoms with Crippen LogP contribution in [-0.4, -0.2) is 47.1 Å². The Morgan fingerprint density at radius 2 is 1.96 bits per heavy atom. The zero-order valence-corrected chi connectivity index (χ0v) is 15.8. The van der Waals surface area contributed by atoms with Gasteiger partial charge in [0.05, 0.1) is 6.54 Å². The normalized spacial score (nSPS) is 23.3. The molecule has 0 aromatic heterocycles. The second-order valence-corrected chi connectivity index (χ2v) is 8.12. The fourth-order valence-corrected chi connectivity index (χ4v) is 3.97. The molecule has 142 valence electrons. The van der Waals surface area contributed by atoms with Crippen molar-refractivity contribution in [3.8, 4) is 0 Å². The van der Waals surface area contributed by atoms with Crippen molar-refractivity contribution in [2.75, 3.05) is 13.1 Å². The Balaban J connectivity index is 1.43. The molecule has 1 amide bonds. The second kappa shape index (κ2) is 8.21. The van der Waals surface area contributed by atoms with Crippen LogP contribution in [0.2, 0.25) is 0 Å². The van der Waals surface area contributed by atoms with E-state index >= 15 is 0 Å². The minimum Gasteiger partial charge on any atom is -0.480 e. The molecule has 0 aliphatic heterocycles. The van der Waals surface area contributed by atoms with Crippen LogP contribution in [-0.2, 0) is 9.59 Å². The van der Waals surface area contributed by atoms with E-state index in [4.69, 9.17) is 5.11 Å². The standard InChI is InChI=1S/C21H30N2O3/c1-14-5-3-4-6-19(14)15(2)9-20(24)22-17-10-18(11-17)23(13-21(25)26)12-16-7-8-16/h3-6,15-18H,7-13H2,1-2H3,(H,22,24)(H,25,26). The van der Waals surface area contributed by atoms with Gasteiger partial charge in [-0.25, -0.2) is 0 Å². The predicted molar refractivity (Wildman–Crippen MR) is 101 cm³/mol. The lowest BCUT2D eigenvalue weighted by Crippen LogP contribution is -2.55. The Bertz CT molecular complexity index is 650. The van der Waals surface area contributed by atoms with Gasteiger partial charge in [-0.05, 0) is 55.6 Å². The molecule has 0 spiro atoms. The van der Waals surface area contributed by atoms with Crippen LogP contribution in [0.1, 0.15) is 56.1 Å². The summed E-state index contributed by atoms with van der Waals surface area (Å²) in [5.41, 5.74) is 2.45. The van der Waals surface area contributed by atoms with Crippen LogP contribution in [0.25, 0.3) is 0 Å². The molecule has 0 heterocycles. The number of carboxylic acids is 1. The first-order valence-electron chi connectivity index (χ1n) is 9.73. The summed E-state index contributed by atoms with van der Waals surface area (Å²) < 4.78 is 0. The van der Waals surface area contributed by atoms with Crippen molar-refractivity contribution in [2.45, 2.75) is 64.0 Å². The molecule has 2 aliphatic carbocycles. The van der Waals surface area contributed by atoms with E-state index in [-0.39, 0.29) is 24.4 Å². The zero-order chi connectivity index (χ0) is 18.7. The number of nitrogens with one attached hydrogen (secondary N) is 1. The summed E-state index contributed by atoms with van der Waals surface area (Å²) in [7, 11) is 0. The number of carbonyl (C=O) groups is 2. The van der Waals surface area contributed by atoms with Crippen molar-refractivity contribution >= 4 is 11.9 Å². The lowest BCUT2D eigenvalue weighted by atomic mass is 9.84. The maximum absolute atomic E-state index is 12.4. The van der Waals surface area contributed by atoms with Crippen molar-refractivity contribution in [1.29, 1.82) is 0 Å². The van der Waals surface area contributed by atoms with Crippen LogP contribution in [0.5, 0.6) is 0 Å².